The molecule has 1 fully saturated rings. The summed E-state index contributed by atoms with van der Waals surface area (Å²) in [6.45, 7) is 2.56. The number of methoxy groups -OCH3 is 2. The molecule has 3 rings (SSSR count). The van der Waals surface area contributed by atoms with Crippen molar-refractivity contribution in [1.29, 1.82) is 0 Å². The Kier molecular flexibility index (Phi) is 8.29. The van der Waals surface area contributed by atoms with Gasteiger partial charge in [0.25, 0.3) is 0 Å². The van der Waals surface area contributed by atoms with Crippen LogP contribution in [-0.2, 0) is 17.8 Å². The quantitative estimate of drug-likeness (QED) is 0.433. The highest BCUT2D eigenvalue weighted by atomic mass is 16.5. The van der Waals surface area contributed by atoms with Crippen LogP contribution in [0.5, 0.6) is 5.75 Å². The van der Waals surface area contributed by atoms with Gasteiger partial charge in [-0.05, 0) is 49.7 Å². The lowest BCUT2D eigenvalue weighted by Gasteiger charge is -2.39. The highest BCUT2D eigenvalue weighted by molar-refractivity contribution is 5.59. The van der Waals surface area contributed by atoms with Crippen LogP contribution in [0.25, 0.3) is 0 Å². The van der Waals surface area contributed by atoms with Crippen molar-refractivity contribution in [2.75, 3.05) is 19.3 Å². The second-order valence-corrected chi connectivity index (χ2v) is 8.00. The van der Waals surface area contributed by atoms with Crippen LogP contribution in [0.15, 0.2) is 54.2 Å². The minimum absolute atomic E-state index is 0.00989. The number of hydrogen-bond donors (Lipinski definition) is 1. The zero-order chi connectivity index (χ0) is 21.3. The molecule has 1 aliphatic rings. The predicted molar refractivity (Wildman–Crippen MR) is 120 cm³/mol. The largest absolute Gasteiger partial charge is 0.492 e. The summed E-state index contributed by atoms with van der Waals surface area (Å²) in [4.78, 5) is 4.36. The van der Waals surface area contributed by atoms with E-state index in [-0.39, 0.29) is 6.04 Å². The molecule has 1 aromatic carbocycles. The summed E-state index contributed by atoms with van der Waals surface area (Å²) >= 11 is 0. The Balaban J connectivity index is 1.88. The van der Waals surface area contributed by atoms with Crippen LogP contribution in [0, 0.1) is 5.92 Å². The number of allylic oxidation sites excluding steroid dienone is 2. The van der Waals surface area contributed by atoms with Crippen LogP contribution in [0.4, 0.5) is 5.69 Å². The number of aromatic nitrogens is 1. The number of pyridine rings is 1. The molecule has 2 aromatic rings. The van der Waals surface area contributed by atoms with Crippen molar-refractivity contribution >= 4 is 5.69 Å². The Morgan fingerprint density at radius 1 is 1.20 bits per heavy atom. The smallest absolute Gasteiger partial charge is 0.168 e. The standard InChI is InChI=1S/C25H34N2O3/c1-4-5-9-20-12-13-23(21(17-20)16-19-10-7-6-8-11-19)27(28)24-14-15-26-22(18-29-2)25(24)30-3/h6-11,14-15,21,23,28H,4-5,12-13,16-18H2,1-3H3. The first-order valence-electron chi connectivity index (χ1n) is 10.9. The Hall–Kier alpha value is -2.37. The van der Waals surface area contributed by atoms with Gasteiger partial charge in [-0.15, -0.1) is 0 Å². The van der Waals surface area contributed by atoms with E-state index in [0.717, 1.165) is 32.1 Å². The predicted octanol–water partition coefficient (Wildman–Crippen LogP) is 5.57. The Bertz CT molecular complexity index is 822. The first-order valence-corrected chi connectivity index (χ1v) is 10.9. The first kappa shape index (κ1) is 22.3. The minimum atomic E-state index is 0.00989. The monoisotopic (exact) mass is 410 g/mol. The fourth-order valence-electron chi connectivity index (χ4n) is 4.43. The third-order valence-electron chi connectivity index (χ3n) is 5.90. The molecule has 30 heavy (non-hydrogen) atoms. The molecule has 2 unspecified atom stereocenters. The molecule has 5 heteroatoms. The Morgan fingerprint density at radius 3 is 2.70 bits per heavy atom. The van der Waals surface area contributed by atoms with E-state index in [1.165, 1.54) is 22.6 Å². The number of anilines is 1. The van der Waals surface area contributed by atoms with Gasteiger partial charge in [0.05, 0.1) is 19.8 Å². The molecule has 0 saturated heterocycles. The van der Waals surface area contributed by atoms with Crippen LogP contribution < -0.4 is 9.80 Å². The van der Waals surface area contributed by atoms with Crippen molar-refractivity contribution in [3.63, 3.8) is 0 Å². The summed E-state index contributed by atoms with van der Waals surface area (Å²) in [6, 6.07) is 12.4. The van der Waals surface area contributed by atoms with Crippen molar-refractivity contribution in [2.24, 2.45) is 5.92 Å². The maximum Gasteiger partial charge on any atom is 0.168 e. The number of benzene rings is 1. The van der Waals surface area contributed by atoms with E-state index in [2.05, 4.69) is 42.2 Å². The molecule has 2 atom stereocenters. The number of hydroxylamine groups is 1. The van der Waals surface area contributed by atoms with Crippen LogP contribution in [0.3, 0.4) is 0 Å². The first-order chi connectivity index (χ1) is 14.7. The van der Waals surface area contributed by atoms with Gasteiger partial charge in [-0.2, -0.15) is 0 Å². The molecule has 1 aliphatic carbocycles. The van der Waals surface area contributed by atoms with Crippen LogP contribution >= 0.6 is 0 Å². The molecule has 0 spiro atoms. The molecule has 5 nitrogen and oxygen atoms in total. The molecule has 1 aromatic heterocycles. The van der Waals surface area contributed by atoms with Gasteiger partial charge in [0.2, 0.25) is 0 Å². The molecule has 0 bridgehead atoms. The third kappa shape index (κ3) is 5.41. The summed E-state index contributed by atoms with van der Waals surface area (Å²) in [5, 5.41) is 12.7. The van der Waals surface area contributed by atoms with Gasteiger partial charge in [-0.3, -0.25) is 10.2 Å². The van der Waals surface area contributed by atoms with E-state index in [4.69, 9.17) is 9.47 Å². The lowest BCUT2D eigenvalue weighted by atomic mass is 9.77. The van der Waals surface area contributed by atoms with Gasteiger partial charge >= 0.3 is 0 Å². The average molecular weight is 411 g/mol. The van der Waals surface area contributed by atoms with Crippen molar-refractivity contribution in [2.45, 2.75) is 58.1 Å². The zero-order valence-electron chi connectivity index (χ0n) is 18.4. The van der Waals surface area contributed by atoms with Crippen molar-refractivity contribution < 1.29 is 14.7 Å². The molecule has 1 N–H and O–H groups in total. The lowest BCUT2D eigenvalue weighted by molar-refractivity contribution is 0.157. The van der Waals surface area contributed by atoms with Gasteiger partial charge in [-0.25, -0.2) is 5.06 Å². The maximum absolute atomic E-state index is 11.3. The van der Waals surface area contributed by atoms with E-state index in [1.54, 1.807) is 20.4 Å². The van der Waals surface area contributed by atoms with Gasteiger partial charge in [-0.1, -0.05) is 55.3 Å². The number of rotatable bonds is 9. The fourth-order valence-corrected chi connectivity index (χ4v) is 4.43. The molecular weight excluding hydrogens is 376 g/mol. The van der Waals surface area contributed by atoms with Crippen LogP contribution in [-0.4, -0.2) is 30.5 Å². The molecule has 0 radical (unpaired) electrons. The summed E-state index contributed by atoms with van der Waals surface area (Å²) in [5.41, 5.74) is 4.17. The zero-order valence-corrected chi connectivity index (χ0v) is 18.4. The third-order valence-corrected chi connectivity index (χ3v) is 5.90. The molecule has 162 valence electrons. The van der Waals surface area contributed by atoms with E-state index in [1.807, 2.05) is 12.1 Å². The van der Waals surface area contributed by atoms with Crippen molar-refractivity contribution in [3.8, 4) is 5.75 Å². The lowest BCUT2D eigenvalue weighted by Crippen LogP contribution is -2.42. The second kappa shape index (κ2) is 11.1. The number of hydrogen-bond acceptors (Lipinski definition) is 5. The van der Waals surface area contributed by atoms with E-state index in [9.17, 15) is 5.21 Å². The highest BCUT2D eigenvalue weighted by Crippen LogP contribution is 2.39. The Labute approximate surface area is 180 Å². The Morgan fingerprint density at radius 2 is 2.00 bits per heavy atom. The fraction of sp³-hybridized carbons (Fsp3) is 0.480. The van der Waals surface area contributed by atoms with Gasteiger partial charge in [0, 0.05) is 13.3 Å². The summed E-state index contributed by atoms with van der Waals surface area (Å²) in [6.07, 6.45) is 10.3. The molecule has 0 aliphatic heterocycles. The summed E-state index contributed by atoms with van der Waals surface area (Å²) in [5.74, 6) is 0.894. The molecular formula is C25H34N2O3. The topological polar surface area (TPSA) is 54.8 Å². The van der Waals surface area contributed by atoms with Gasteiger partial charge in [0.15, 0.2) is 5.75 Å². The number of unbranched alkanes of at least 4 members (excludes halogenated alkanes) is 1. The normalized spacial score (nSPS) is 20.3. The van der Waals surface area contributed by atoms with Crippen molar-refractivity contribution in [1.82, 2.24) is 4.98 Å². The molecule has 1 heterocycles. The SMILES string of the molecule is CCCC=C1CCC(N(O)c2ccnc(COC)c2OC)C(Cc2ccccc2)C1. The van der Waals surface area contributed by atoms with E-state index < -0.39 is 0 Å². The second-order valence-electron chi connectivity index (χ2n) is 8.00. The van der Waals surface area contributed by atoms with Crippen LogP contribution in [0.2, 0.25) is 0 Å². The van der Waals surface area contributed by atoms with Gasteiger partial charge in [0.1, 0.15) is 11.4 Å². The molecule has 0 amide bonds. The van der Waals surface area contributed by atoms with Crippen LogP contribution in [0.1, 0.15) is 50.3 Å². The highest BCUT2D eigenvalue weighted by Gasteiger charge is 2.33. The number of ether oxygens (including phenoxy) is 2. The van der Waals surface area contributed by atoms with E-state index >= 15 is 0 Å². The summed E-state index contributed by atoms with van der Waals surface area (Å²) in [7, 11) is 3.24. The number of nitrogens with zero attached hydrogens (tertiary/aromatic N) is 2. The van der Waals surface area contributed by atoms with E-state index in [0.29, 0.717) is 29.7 Å². The minimum Gasteiger partial charge on any atom is -0.492 e. The average Bonchev–Trinajstić information content (AvgIpc) is 2.78. The van der Waals surface area contributed by atoms with Gasteiger partial charge < -0.3 is 9.47 Å². The maximum atomic E-state index is 11.3. The van der Waals surface area contributed by atoms with Crippen molar-refractivity contribution in [3.05, 3.63) is 65.5 Å². The summed E-state index contributed by atoms with van der Waals surface area (Å²) < 4.78 is 10.9. The molecule has 1 saturated carbocycles.